The van der Waals surface area contributed by atoms with Crippen LogP contribution in [0.5, 0.6) is 0 Å². The van der Waals surface area contributed by atoms with Crippen molar-refractivity contribution in [2.24, 2.45) is 5.73 Å². The maximum atomic E-state index is 11.0. The molecule has 0 saturated carbocycles. The molecule has 18 heavy (non-hydrogen) atoms. The maximum Gasteiger partial charge on any atom is 0.312 e. The number of carbonyl (C=O) groups is 1. The first-order chi connectivity index (χ1) is 8.63. The zero-order valence-corrected chi connectivity index (χ0v) is 10.9. The lowest BCUT2D eigenvalue weighted by atomic mass is 9.99. The third-order valence-corrected chi connectivity index (χ3v) is 3.21. The van der Waals surface area contributed by atoms with Crippen LogP contribution in [-0.4, -0.2) is 32.4 Å². The molecule has 3 N–H and O–H groups in total. The van der Waals surface area contributed by atoms with E-state index in [1.165, 1.54) is 6.33 Å². The van der Waals surface area contributed by atoms with E-state index in [1.54, 1.807) is 29.2 Å². The molecule has 1 aromatic carbocycles. The van der Waals surface area contributed by atoms with E-state index < -0.39 is 11.9 Å². The molecule has 0 radical (unpaired) electrons. The van der Waals surface area contributed by atoms with Crippen LogP contribution in [0.4, 0.5) is 0 Å². The molecule has 1 aromatic heterocycles. The molecular formula is C11H11BrN4O2. The molecule has 2 rings (SSSR count). The maximum absolute atomic E-state index is 11.0. The normalized spacial score (nSPS) is 12.3. The first-order valence-electron chi connectivity index (χ1n) is 5.20. The monoisotopic (exact) mass is 310 g/mol. The first kappa shape index (κ1) is 12.7. The van der Waals surface area contributed by atoms with Gasteiger partial charge in [-0.05, 0) is 33.6 Å². The Bertz CT molecular complexity index is 556. The van der Waals surface area contributed by atoms with E-state index in [4.69, 9.17) is 10.8 Å². The molecular weight excluding hydrogens is 300 g/mol. The molecule has 0 spiro atoms. The molecule has 0 saturated heterocycles. The Labute approximate surface area is 112 Å². The van der Waals surface area contributed by atoms with Crippen molar-refractivity contribution in [1.29, 1.82) is 0 Å². The number of hydrogen-bond acceptors (Lipinski definition) is 4. The van der Waals surface area contributed by atoms with Gasteiger partial charge in [0, 0.05) is 11.0 Å². The summed E-state index contributed by atoms with van der Waals surface area (Å²) in [5, 5.41) is 13.1. The number of hydrogen-bond donors (Lipinski definition) is 2. The fourth-order valence-corrected chi connectivity index (χ4v) is 2.22. The summed E-state index contributed by atoms with van der Waals surface area (Å²) in [4.78, 5) is 14.9. The summed E-state index contributed by atoms with van der Waals surface area (Å²) in [5.74, 6) is -1.64. The van der Waals surface area contributed by atoms with Crippen molar-refractivity contribution < 1.29 is 9.90 Å². The average molecular weight is 311 g/mol. The van der Waals surface area contributed by atoms with Crippen LogP contribution in [0.2, 0.25) is 0 Å². The molecule has 0 bridgehead atoms. The Morgan fingerprint density at radius 3 is 2.83 bits per heavy atom. The lowest BCUT2D eigenvalue weighted by Gasteiger charge is -2.12. The minimum absolute atomic E-state index is 0.0600. The molecule has 0 aliphatic heterocycles. The molecule has 0 aliphatic carbocycles. The molecule has 2 aromatic rings. The Morgan fingerprint density at radius 2 is 2.33 bits per heavy atom. The SMILES string of the molecule is NCC(C(=O)O)c1ccc(-n2cncn2)c(Br)c1. The number of nitrogens with zero attached hydrogens (tertiary/aromatic N) is 3. The molecule has 1 atom stereocenters. The highest BCUT2D eigenvalue weighted by Gasteiger charge is 2.19. The van der Waals surface area contributed by atoms with Gasteiger partial charge in [0.05, 0.1) is 11.6 Å². The van der Waals surface area contributed by atoms with Gasteiger partial charge in [-0.25, -0.2) is 9.67 Å². The van der Waals surface area contributed by atoms with Crippen LogP contribution < -0.4 is 5.73 Å². The van der Waals surface area contributed by atoms with E-state index >= 15 is 0 Å². The van der Waals surface area contributed by atoms with Crippen molar-refractivity contribution in [1.82, 2.24) is 14.8 Å². The largest absolute Gasteiger partial charge is 0.481 e. The fourth-order valence-electron chi connectivity index (χ4n) is 1.64. The third kappa shape index (κ3) is 2.41. The molecule has 94 valence electrons. The van der Waals surface area contributed by atoms with Crippen LogP contribution in [0.1, 0.15) is 11.5 Å². The number of benzene rings is 1. The Morgan fingerprint density at radius 1 is 1.56 bits per heavy atom. The predicted octanol–water partition coefficient (Wildman–Crippen LogP) is 1.16. The highest BCUT2D eigenvalue weighted by molar-refractivity contribution is 9.10. The molecule has 7 heteroatoms. The van der Waals surface area contributed by atoms with Gasteiger partial charge >= 0.3 is 5.97 Å². The van der Waals surface area contributed by atoms with Gasteiger partial charge in [-0.2, -0.15) is 5.10 Å². The van der Waals surface area contributed by atoms with Crippen molar-refractivity contribution in [3.8, 4) is 5.69 Å². The summed E-state index contributed by atoms with van der Waals surface area (Å²) >= 11 is 3.39. The molecule has 0 amide bonds. The first-order valence-corrected chi connectivity index (χ1v) is 6.00. The van der Waals surface area contributed by atoms with E-state index in [0.29, 0.717) is 5.56 Å². The topological polar surface area (TPSA) is 94.0 Å². The van der Waals surface area contributed by atoms with Gasteiger partial charge in [0.1, 0.15) is 12.7 Å². The summed E-state index contributed by atoms with van der Waals surface area (Å²) in [6.45, 7) is 0.0600. The van der Waals surface area contributed by atoms with Gasteiger partial charge in [-0.15, -0.1) is 0 Å². The Kier molecular flexibility index (Phi) is 3.73. The number of nitrogens with two attached hydrogens (primary N) is 1. The van der Waals surface area contributed by atoms with Crippen LogP contribution in [0.25, 0.3) is 5.69 Å². The van der Waals surface area contributed by atoms with Gasteiger partial charge in [-0.3, -0.25) is 4.79 Å². The second-order valence-electron chi connectivity index (χ2n) is 3.68. The molecule has 0 aliphatic rings. The van der Waals surface area contributed by atoms with Crippen LogP contribution in [-0.2, 0) is 4.79 Å². The van der Waals surface area contributed by atoms with Crippen molar-refractivity contribution in [3.05, 3.63) is 40.9 Å². The smallest absolute Gasteiger partial charge is 0.312 e. The zero-order valence-electron chi connectivity index (χ0n) is 9.32. The predicted molar refractivity (Wildman–Crippen MR) is 68.5 cm³/mol. The summed E-state index contributed by atoms with van der Waals surface area (Å²) in [6.07, 6.45) is 3.00. The van der Waals surface area contributed by atoms with Gasteiger partial charge < -0.3 is 10.8 Å². The van der Waals surface area contributed by atoms with Crippen LogP contribution in [0.3, 0.4) is 0 Å². The standard InChI is InChI=1S/C11H11BrN4O2/c12-9-3-7(8(4-13)11(17)18)1-2-10(9)16-6-14-5-15-16/h1-3,5-6,8H,4,13H2,(H,17,18). The fraction of sp³-hybridized carbons (Fsp3) is 0.182. The van der Waals surface area contributed by atoms with Crippen molar-refractivity contribution >= 4 is 21.9 Å². The van der Waals surface area contributed by atoms with E-state index in [0.717, 1.165) is 10.2 Å². The van der Waals surface area contributed by atoms with E-state index in [1.807, 2.05) is 0 Å². The minimum atomic E-state index is -0.932. The number of carboxylic acid groups (broad SMARTS) is 1. The number of rotatable bonds is 4. The van der Waals surface area contributed by atoms with E-state index in [2.05, 4.69) is 26.0 Å². The van der Waals surface area contributed by atoms with Crippen molar-refractivity contribution in [2.45, 2.75) is 5.92 Å². The van der Waals surface area contributed by atoms with Crippen molar-refractivity contribution in [2.75, 3.05) is 6.54 Å². The van der Waals surface area contributed by atoms with Gasteiger partial charge in [0.2, 0.25) is 0 Å². The number of aromatic nitrogens is 3. The highest BCUT2D eigenvalue weighted by atomic mass is 79.9. The lowest BCUT2D eigenvalue weighted by Crippen LogP contribution is -2.21. The lowest BCUT2D eigenvalue weighted by molar-refractivity contribution is -0.138. The third-order valence-electron chi connectivity index (χ3n) is 2.57. The number of carboxylic acids is 1. The van der Waals surface area contributed by atoms with Crippen LogP contribution >= 0.6 is 15.9 Å². The average Bonchev–Trinajstić information content (AvgIpc) is 2.83. The number of halogens is 1. The van der Waals surface area contributed by atoms with E-state index in [9.17, 15) is 4.79 Å². The second-order valence-corrected chi connectivity index (χ2v) is 4.53. The van der Waals surface area contributed by atoms with Crippen molar-refractivity contribution in [3.63, 3.8) is 0 Å². The molecule has 1 heterocycles. The second kappa shape index (κ2) is 5.28. The number of aliphatic carboxylic acids is 1. The summed E-state index contributed by atoms with van der Waals surface area (Å²) in [6, 6.07) is 5.25. The van der Waals surface area contributed by atoms with Gasteiger partial charge in [-0.1, -0.05) is 6.07 Å². The molecule has 6 nitrogen and oxygen atoms in total. The van der Waals surface area contributed by atoms with Crippen LogP contribution in [0, 0.1) is 0 Å². The summed E-state index contributed by atoms with van der Waals surface area (Å²) in [7, 11) is 0. The highest BCUT2D eigenvalue weighted by Crippen LogP contribution is 2.25. The van der Waals surface area contributed by atoms with Gasteiger partial charge in [0.25, 0.3) is 0 Å². The van der Waals surface area contributed by atoms with Crippen LogP contribution in [0.15, 0.2) is 35.3 Å². The quantitative estimate of drug-likeness (QED) is 0.883. The summed E-state index contributed by atoms with van der Waals surface area (Å²) < 4.78 is 2.33. The zero-order chi connectivity index (χ0) is 13.1. The Balaban J connectivity index is 2.39. The summed E-state index contributed by atoms with van der Waals surface area (Å²) in [5.41, 5.74) is 6.91. The Hall–Kier alpha value is -1.73. The molecule has 1 unspecified atom stereocenters. The van der Waals surface area contributed by atoms with Gasteiger partial charge in [0.15, 0.2) is 0 Å². The minimum Gasteiger partial charge on any atom is -0.481 e. The van der Waals surface area contributed by atoms with E-state index in [-0.39, 0.29) is 6.54 Å². The molecule has 0 fully saturated rings.